The molecule has 0 radical (unpaired) electrons. The molecular weight excluding hydrogens is 226 g/mol. The van der Waals surface area contributed by atoms with Crippen LogP contribution in [0.1, 0.15) is 46.2 Å². The molecular formula is C15H25NO2. The van der Waals surface area contributed by atoms with Gasteiger partial charge in [0.05, 0.1) is 7.11 Å². The molecule has 0 bridgehead atoms. The minimum atomic E-state index is 0.102. The lowest BCUT2D eigenvalue weighted by Crippen LogP contribution is -2.39. The van der Waals surface area contributed by atoms with Crippen LogP contribution in [0, 0.1) is 5.41 Å². The molecule has 102 valence electrons. The highest BCUT2D eigenvalue weighted by molar-refractivity contribution is 5.41. The molecule has 0 aliphatic heterocycles. The molecule has 0 aromatic heterocycles. The summed E-state index contributed by atoms with van der Waals surface area (Å²) in [7, 11) is 1.60. The van der Waals surface area contributed by atoms with Gasteiger partial charge in [-0.05, 0) is 25.3 Å². The smallest absolute Gasteiger partial charge is 0.124 e. The highest BCUT2D eigenvalue weighted by atomic mass is 16.5. The normalized spacial score (nSPS) is 15.2. The average Bonchev–Trinajstić information content (AvgIpc) is 2.27. The summed E-state index contributed by atoms with van der Waals surface area (Å²) in [6.45, 7) is 10.8. The summed E-state index contributed by atoms with van der Waals surface area (Å²) in [5.41, 5.74) is 1.09. The van der Waals surface area contributed by atoms with Gasteiger partial charge in [-0.25, -0.2) is 0 Å². The summed E-state index contributed by atoms with van der Waals surface area (Å²) in [5.74, 6) is 0.947. The fraction of sp³-hybridized carbons (Fsp3) is 0.600. The molecule has 2 atom stereocenters. The summed E-state index contributed by atoms with van der Waals surface area (Å²) in [4.78, 5) is 0. The second-order valence-corrected chi connectivity index (χ2v) is 5.90. The lowest BCUT2D eigenvalue weighted by molar-refractivity contribution is 0.266. The van der Waals surface area contributed by atoms with E-state index in [0.29, 0.717) is 11.8 Å². The number of rotatable bonds is 4. The largest absolute Gasteiger partial charge is 0.507 e. The predicted molar refractivity (Wildman–Crippen MR) is 75.1 cm³/mol. The first-order valence-corrected chi connectivity index (χ1v) is 6.38. The van der Waals surface area contributed by atoms with Gasteiger partial charge in [0.2, 0.25) is 0 Å². The second kappa shape index (κ2) is 5.61. The Morgan fingerprint density at radius 2 is 1.83 bits per heavy atom. The van der Waals surface area contributed by atoms with Crippen LogP contribution in [0.3, 0.4) is 0 Å². The molecule has 0 saturated carbocycles. The number of hydrogen-bond acceptors (Lipinski definition) is 3. The van der Waals surface area contributed by atoms with Crippen LogP contribution in [-0.2, 0) is 0 Å². The molecule has 0 aliphatic carbocycles. The monoisotopic (exact) mass is 251 g/mol. The first kappa shape index (κ1) is 14.8. The number of aromatic hydroxyl groups is 1. The maximum atomic E-state index is 9.99. The molecule has 3 nitrogen and oxygen atoms in total. The Morgan fingerprint density at radius 3 is 2.28 bits per heavy atom. The Bertz CT molecular complexity index is 396. The topological polar surface area (TPSA) is 41.5 Å². The fourth-order valence-electron chi connectivity index (χ4n) is 1.73. The number of nitrogens with one attached hydrogen (secondary N) is 1. The summed E-state index contributed by atoms with van der Waals surface area (Å²) in [6, 6.07) is 5.88. The molecule has 0 spiro atoms. The van der Waals surface area contributed by atoms with Crippen LogP contribution in [0.5, 0.6) is 11.5 Å². The van der Waals surface area contributed by atoms with Crippen molar-refractivity contribution in [3.63, 3.8) is 0 Å². The molecule has 0 saturated heterocycles. The number of methoxy groups -OCH3 is 1. The van der Waals surface area contributed by atoms with Gasteiger partial charge in [-0.15, -0.1) is 0 Å². The molecule has 3 heteroatoms. The van der Waals surface area contributed by atoms with Crippen LogP contribution >= 0.6 is 0 Å². The summed E-state index contributed by atoms with van der Waals surface area (Å²) in [6.07, 6.45) is 0. The zero-order valence-electron chi connectivity index (χ0n) is 12.2. The maximum absolute atomic E-state index is 9.99. The maximum Gasteiger partial charge on any atom is 0.124 e. The van der Waals surface area contributed by atoms with Crippen LogP contribution < -0.4 is 10.1 Å². The second-order valence-electron chi connectivity index (χ2n) is 5.90. The molecule has 0 aliphatic rings. The van der Waals surface area contributed by atoms with Crippen molar-refractivity contribution in [1.29, 1.82) is 0 Å². The van der Waals surface area contributed by atoms with Gasteiger partial charge in [0.15, 0.2) is 0 Å². The van der Waals surface area contributed by atoms with Crippen LogP contribution in [-0.4, -0.2) is 18.3 Å². The predicted octanol–water partition coefficient (Wildman–Crippen LogP) is 3.49. The molecule has 2 unspecified atom stereocenters. The Morgan fingerprint density at radius 1 is 1.22 bits per heavy atom. The van der Waals surface area contributed by atoms with E-state index in [4.69, 9.17) is 4.74 Å². The van der Waals surface area contributed by atoms with Crippen LogP contribution in [0.25, 0.3) is 0 Å². The molecule has 2 N–H and O–H groups in total. The molecule has 1 aromatic rings. The van der Waals surface area contributed by atoms with E-state index in [9.17, 15) is 5.11 Å². The van der Waals surface area contributed by atoms with Crippen molar-refractivity contribution < 1.29 is 9.84 Å². The first-order valence-electron chi connectivity index (χ1n) is 6.38. The minimum absolute atomic E-state index is 0.102. The molecule has 1 rings (SSSR count). The van der Waals surface area contributed by atoms with Crippen molar-refractivity contribution in [2.45, 2.75) is 46.7 Å². The number of hydrogen-bond donors (Lipinski definition) is 2. The van der Waals surface area contributed by atoms with Gasteiger partial charge in [-0.3, -0.25) is 0 Å². The third-order valence-electron chi connectivity index (χ3n) is 3.50. The third kappa shape index (κ3) is 3.64. The van der Waals surface area contributed by atoms with Crippen molar-refractivity contribution in [1.82, 2.24) is 5.32 Å². The lowest BCUT2D eigenvalue weighted by Gasteiger charge is -2.31. The van der Waals surface area contributed by atoms with Gasteiger partial charge < -0.3 is 15.2 Å². The van der Waals surface area contributed by atoms with E-state index in [1.54, 1.807) is 13.2 Å². The van der Waals surface area contributed by atoms with Crippen molar-refractivity contribution in [2.75, 3.05) is 7.11 Å². The molecule has 0 heterocycles. The van der Waals surface area contributed by atoms with Gasteiger partial charge in [-0.2, -0.15) is 0 Å². The number of benzene rings is 1. The fourth-order valence-corrected chi connectivity index (χ4v) is 1.73. The molecule has 1 aromatic carbocycles. The Balaban J connectivity index is 2.81. The van der Waals surface area contributed by atoms with Gasteiger partial charge in [0.1, 0.15) is 11.5 Å². The Kier molecular flexibility index (Phi) is 4.63. The standard InChI is InChI=1S/C15H25NO2/c1-10(16-11(2)15(3,4)5)13-8-7-12(18-6)9-14(13)17/h7-11,16-17H,1-6H3. The molecule has 18 heavy (non-hydrogen) atoms. The SMILES string of the molecule is COc1ccc(C(C)NC(C)C(C)(C)C)c(O)c1. The first-order chi connectivity index (χ1) is 8.25. The van der Waals surface area contributed by atoms with E-state index in [2.05, 4.69) is 39.9 Å². The van der Waals surface area contributed by atoms with E-state index < -0.39 is 0 Å². The van der Waals surface area contributed by atoms with E-state index in [1.807, 2.05) is 12.1 Å². The van der Waals surface area contributed by atoms with E-state index in [0.717, 1.165) is 5.56 Å². The molecule has 0 fully saturated rings. The quantitative estimate of drug-likeness (QED) is 0.860. The summed E-state index contributed by atoms with van der Waals surface area (Å²) < 4.78 is 5.08. The number of ether oxygens (including phenoxy) is 1. The highest BCUT2D eigenvalue weighted by Gasteiger charge is 2.22. The van der Waals surface area contributed by atoms with E-state index >= 15 is 0 Å². The molecule has 0 amide bonds. The Labute approximate surface area is 110 Å². The van der Waals surface area contributed by atoms with Crippen molar-refractivity contribution in [3.05, 3.63) is 23.8 Å². The highest BCUT2D eigenvalue weighted by Crippen LogP contribution is 2.30. The van der Waals surface area contributed by atoms with E-state index in [1.165, 1.54) is 0 Å². The van der Waals surface area contributed by atoms with Gasteiger partial charge in [0.25, 0.3) is 0 Å². The minimum Gasteiger partial charge on any atom is -0.507 e. The summed E-state index contributed by atoms with van der Waals surface area (Å²) >= 11 is 0. The Hall–Kier alpha value is -1.22. The van der Waals surface area contributed by atoms with Crippen LogP contribution in [0.4, 0.5) is 0 Å². The van der Waals surface area contributed by atoms with Crippen molar-refractivity contribution in [3.8, 4) is 11.5 Å². The zero-order chi connectivity index (χ0) is 13.9. The van der Waals surface area contributed by atoms with Crippen LogP contribution in [0.15, 0.2) is 18.2 Å². The van der Waals surface area contributed by atoms with Gasteiger partial charge in [0, 0.05) is 23.7 Å². The number of phenols is 1. The van der Waals surface area contributed by atoms with Crippen molar-refractivity contribution in [2.24, 2.45) is 5.41 Å². The lowest BCUT2D eigenvalue weighted by atomic mass is 9.87. The van der Waals surface area contributed by atoms with Crippen LogP contribution in [0.2, 0.25) is 0 Å². The third-order valence-corrected chi connectivity index (χ3v) is 3.50. The number of phenolic OH excluding ortho intramolecular Hbond substituents is 1. The van der Waals surface area contributed by atoms with Crippen molar-refractivity contribution >= 4 is 0 Å². The van der Waals surface area contributed by atoms with Gasteiger partial charge in [-0.1, -0.05) is 26.8 Å². The summed E-state index contributed by atoms with van der Waals surface area (Å²) in [5, 5.41) is 13.5. The van der Waals surface area contributed by atoms with E-state index in [-0.39, 0.29) is 17.2 Å². The van der Waals surface area contributed by atoms with Gasteiger partial charge >= 0.3 is 0 Å². The average molecular weight is 251 g/mol. The zero-order valence-corrected chi connectivity index (χ0v) is 12.2.